The normalized spacial score (nSPS) is 15.8. The van der Waals surface area contributed by atoms with Crippen molar-refractivity contribution in [2.45, 2.75) is 83.4 Å². The number of aliphatic carboxylic acids is 1. The fourth-order valence-corrected chi connectivity index (χ4v) is 3.00. The first-order valence-corrected chi connectivity index (χ1v) is 12.1. The van der Waals surface area contributed by atoms with Crippen LogP contribution in [0.5, 0.6) is 0 Å². The Labute approximate surface area is 191 Å². The Morgan fingerprint density at radius 2 is 1.41 bits per heavy atom. The van der Waals surface area contributed by atoms with E-state index in [1.54, 1.807) is 26.0 Å². The molecule has 2 atom stereocenters. The lowest BCUT2D eigenvalue weighted by atomic mass is 10.1. The van der Waals surface area contributed by atoms with Crippen LogP contribution in [0.4, 0.5) is 0 Å². The van der Waals surface area contributed by atoms with Crippen molar-refractivity contribution in [1.82, 2.24) is 0 Å². The standard InChI is InChI=1S/C10H19NO2.C7H8O3S.C5H11NO2/c1-7(2)9(11)10(12)13-8-5-3-4-6-8;1-6-2-4-7(5-3-6)11(8,9)10;1-3(2)4(6)5(7)8/h7-9H,3-6,11H2,1-2H3;2-5H,1H3,(H,8,9,10);3-4H,6H2,1-2H3,(H,7,8)/t9-;;4-/m0.0/s1. The molecule has 1 aromatic rings. The minimum Gasteiger partial charge on any atom is -0.480 e. The smallest absolute Gasteiger partial charge is 0.323 e. The van der Waals surface area contributed by atoms with Crippen molar-refractivity contribution in [2.75, 3.05) is 0 Å². The lowest BCUT2D eigenvalue weighted by Gasteiger charge is -2.17. The van der Waals surface area contributed by atoms with Crippen molar-refractivity contribution in [3.8, 4) is 0 Å². The highest BCUT2D eigenvalue weighted by atomic mass is 32.2. The molecule has 1 aromatic carbocycles. The van der Waals surface area contributed by atoms with E-state index in [0.717, 1.165) is 18.4 Å². The molecule has 1 aliphatic carbocycles. The van der Waals surface area contributed by atoms with Crippen molar-refractivity contribution in [3.63, 3.8) is 0 Å². The van der Waals surface area contributed by atoms with Gasteiger partial charge in [0.15, 0.2) is 0 Å². The number of hydrogen-bond acceptors (Lipinski definition) is 7. The zero-order valence-corrected chi connectivity index (χ0v) is 20.3. The molecule has 1 fully saturated rings. The van der Waals surface area contributed by atoms with E-state index in [9.17, 15) is 18.0 Å². The summed E-state index contributed by atoms with van der Waals surface area (Å²) in [5.41, 5.74) is 11.8. The van der Waals surface area contributed by atoms with E-state index in [0.29, 0.717) is 0 Å². The number of nitrogens with two attached hydrogens (primary N) is 2. The third kappa shape index (κ3) is 12.1. The zero-order valence-electron chi connectivity index (χ0n) is 19.5. The van der Waals surface area contributed by atoms with Gasteiger partial charge in [-0.05, 0) is 56.6 Å². The molecule has 6 N–H and O–H groups in total. The number of carboxylic acids is 1. The minimum absolute atomic E-state index is 0.0208. The van der Waals surface area contributed by atoms with Gasteiger partial charge in [-0.15, -0.1) is 0 Å². The second-order valence-corrected chi connectivity index (χ2v) is 9.93. The summed E-state index contributed by atoms with van der Waals surface area (Å²) in [6.45, 7) is 9.26. The van der Waals surface area contributed by atoms with Gasteiger partial charge in [-0.1, -0.05) is 45.4 Å². The topological polar surface area (TPSA) is 170 Å². The van der Waals surface area contributed by atoms with Crippen LogP contribution in [0.3, 0.4) is 0 Å². The van der Waals surface area contributed by atoms with Crippen LogP contribution >= 0.6 is 0 Å². The maximum atomic E-state index is 11.4. The van der Waals surface area contributed by atoms with Crippen molar-refractivity contribution in [3.05, 3.63) is 29.8 Å². The van der Waals surface area contributed by atoms with Gasteiger partial charge in [-0.2, -0.15) is 8.42 Å². The Balaban J connectivity index is 0.000000465. The van der Waals surface area contributed by atoms with Crippen LogP contribution in [0.25, 0.3) is 0 Å². The highest BCUT2D eigenvalue weighted by Gasteiger charge is 2.24. The molecule has 0 spiro atoms. The highest BCUT2D eigenvalue weighted by Crippen LogP contribution is 2.21. The summed E-state index contributed by atoms with van der Waals surface area (Å²) in [5, 5.41) is 8.23. The van der Waals surface area contributed by atoms with Crippen LogP contribution in [-0.2, 0) is 24.4 Å². The van der Waals surface area contributed by atoms with Crippen molar-refractivity contribution < 1.29 is 32.4 Å². The molecule has 0 saturated heterocycles. The first-order valence-electron chi connectivity index (χ1n) is 10.6. The Bertz CT molecular complexity index is 802. The molecule has 2 rings (SSSR count). The Hall–Kier alpha value is -2.01. The molecule has 1 aliphatic rings. The maximum Gasteiger partial charge on any atom is 0.323 e. The molecule has 0 unspecified atom stereocenters. The van der Waals surface area contributed by atoms with Crippen molar-refractivity contribution in [2.24, 2.45) is 23.3 Å². The summed E-state index contributed by atoms with van der Waals surface area (Å²) in [4.78, 5) is 21.3. The van der Waals surface area contributed by atoms with Gasteiger partial charge in [0.25, 0.3) is 10.1 Å². The maximum absolute atomic E-state index is 11.4. The number of aryl methyl sites for hydroxylation is 1. The molecule has 1 saturated carbocycles. The molecule has 10 heteroatoms. The van der Waals surface area contributed by atoms with Crippen LogP contribution in [0.15, 0.2) is 29.2 Å². The van der Waals surface area contributed by atoms with E-state index in [1.807, 2.05) is 20.8 Å². The number of ether oxygens (including phenoxy) is 1. The van der Waals surface area contributed by atoms with E-state index in [2.05, 4.69) is 0 Å². The zero-order chi connectivity index (χ0) is 25.1. The number of carbonyl (C=O) groups excluding carboxylic acids is 1. The molecule has 9 nitrogen and oxygen atoms in total. The molecule has 184 valence electrons. The molecule has 0 aliphatic heterocycles. The van der Waals surface area contributed by atoms with E-state index in [1.165, 1.54) is 25.0 Å². The summed E-state index contributed by atoms with van der Waals surface area (Å²) in [7, 11) is -4.02. The molecule has 32 heavy (non-hydrogen) atoms. The fourth-order valence-electron chi connectivity index (χ4n) is 2.52. The third-order valence-electron chi connectivity index (χ3n) is 4.90. The quantitative estimate of drug-likeness (QED) is 0.357. The van der Waals surface area contributed by atoms with Crippen LogP contribution in [0, 0.1) is 18.8 Å². The second kappa shape index (κ2) is 14.2. The predicted molar refractivity (Wildman–Crippen MR) is 123 cm³/mol. The lowest BCUT2D eigenvalue weighted by molar-refractivity contribution is -0.151. The van der Waals surface area contributed by atoms with E-state index >= 15 is 0 Å². The molecule has 0 heterocycles. The van der Waals surface area contributed by atoms with E-state index in [4.69, 9.17) is 25.9 Å². The van der Waals surface area contributed by atoms with Gasteiger partial charge < -0.3 is 21.3 Å². The van der Waals surface area contributed by atoms with Gasteiger partial charge in [0.1, 0.15) is 18.2 Å². The molecule has 0 amide bonds. The first kappa shape index (κ1) is 30.0. The largest absolute Gasteiger partial charge is 0.480 e. The Morgan fingerprint density at radius 1 is 0.969 bits per heavy atom. The van der Waals surface area contributed by atoms with Crippen LogP contribution in [0.1, 0.15) is 58.9 Å². The van der Waals surface area contributed by atoms with Crippen LogP contribution in [0.2, 0.25) is 0 Å². The SMILES string of the molecule is CC(C)[C@H](N)C(=O)O.CC(C)[C@H](N)C(=O)OC1CCCC1.Cc1ccc(S(=O)(=O)O)cc1. The number of hydrogen-bond donors (Lipinski definition) is 4. The second-order valence-electron chi connectivity index (χ2n) is 8.51. The number of carbonyl (C=O) groups is 2. The molecule has 0 aromatic heterocycles. The summed E-state index contributed by atoms with van der Waals surface area (Å²) >= 11 is 0. The van der Waals surface area contributed by atoms with Gasteiger partial charge in [-0.25, -0.2) is 0 Å². The number of benzene rings is 1. The van der Waals surface area contributed by atoms with Gasteiger partial charge in [0, 0.05) is 0 Å². The molecule has 0 bridgehead atoms. The van der Waals surface area contributed by atoms with Gasteiger partial charge in [0.05, 0.1) is 4.90 Å². The Morgan fingerprint density at radius 3 is 1.72 bits per heavy atom. The summed E-state index contributed by atoms with van der Waals surface area (Å²) in [6.07, 6.45) is 4.51. The summed E-state index contributed by atoms with van der Waals surface area (Å²) in [5.74, 6) is -0.983. The minimum atomic E-state index is -4.02. The monoisotopic (exact) mass is 474 g/mol. The van der Waals surface area contributed by atoms with Crippen molar-refractivity contribution in [1.29, 1.82) is 0 Å². The number of rotatable bonds is 6. The molecule has 0 radical (unpaired) electrons. The highest BCUT2D eigenvalue weighted by molar-refractivity contribution is 7.85. The summed E-state index contributed by atoms with van der Waals surface area (Å²) < 4.78 is 34.8. The summed E-state index contributed by atoms with van der Waals surface area (Å²) in [6, 6.07) is 4.82. The average molecular weight is 475 g/mol. The van der Waals surface area contributed by atoms with E-state index in [-0.39, 0.29) is 28.8 Å². The number of carboxylic acid groups (broad SMARTS) is 1. The molecular weight excluding hydrogens is 436 g/mol. The third-order valence-corrected chi connectivity index (χ3v) is 5.77. The average Bonchev–Trinajstić information content (AvgIpc) is 3.20. The van der Waals surface area contributed by atoms with Gasteiger partial charge in [-0.3, -0.25) is 14.1 Å². The predicted octanol–water partition coefficient (Wildman–Crippen LogP) is 2.75. The van der Waals surface area contributed by atoms with Gasteiger partial charge >= 0.3 is 11.9 Å². The van der Waals surface area contributed by atoms with Crippen LogP contribution < -0.4 is 11.5 Å². The van der Waals surface area contributed by atoms with E-state index < -0.39 is 28.2 Å². The fraction of sp³-hybridized carbons (Fsp3) is 0.636. The Kier molecular flexibility index (Phi) is 13.3. The molecular formula is C22H38N2O7S. The van der Waals surface area contributed by atoms with Crippen molar-refractivity contribution >= 4 is 22.1 Å². The lowest BCUT2D eigenvalue weighted by Crippen LogP contribution is -2.38. The number of esters is 1. The van der Waals surface area contributed by atoms with Gasteiger partial charge in [0.2, 0.25) is 0 Å². The van der Waals surface area contributed by atoms with Crippen LogP contribution in [-0.4, -0.2) is 48.2 Å². The first-order chi connectivity index (χ1) is 14.7.